The summed E-state index contributed by atoms with van der Waals surface area (Å²) in [5, 5.41) is 183. The first kappa shape index (κ1) is 106. The number of aliphatic carboxylic acids is 1. The predicted molar refractivity (Wildman–Crippen MR) is 414 cm³/mol. The van der Waals surface area contributed by atoms with Gasteiger partial charge in [0, 0.05) is 44.8 Å². The number of rotatable bonds is 50. The van der Waals surface area contributed by atoms with Crippen LogP contribution in [0.3, 0.4) is 0 Å². The summed E-state index contributed by atoms with van der Waals surface area (Å²) in [6.45, 7) is 2.65. The predicted octanol–water partition coefficient (Wildman–Crippen LogP) is -7.96. The second-order valence-electron chi connectivity index (χ2n) is 30.5. The summed E-state index contributed by atoms with van der Waals surface area (Å²) >= 11 is 0. The van der Waals surface area contributed by atoms with Crippen molar-refractivity contribution in [3.8, 4) is 0 Å². The van der Waals surface area contributed by atoms with Crippen LogP contribution in [0.25, 0.3) is 0 Å². The highest BCUT2D eigenvalue weighted by atomic mass is 31.2. The van der Waals surface area contributed by atoms with Gasteiger partial charge in [0.2, 0.25) is 23.6 Å². The third-order valence-electron chi connectivity index (χ3n) is 21.1. The normalized spacial score (nSPS) is 31.4. The van der Waals surface area contributed by atoms with Crippen molar-refractivity contribution in [2.45, 2.75) is 321 Å². The van der Waals surface area contributed by atoms with E-state index in [2.05, 4.69) is 31.6 Å². The fourth-order valence-corrected chi connectivity index (χ4v) is 14.7. The molecule has 0 radical (unpaired) electrons. The Morgan fingerprint density at radius 2 is 1.12 bits per heavy atom. The Bertz CT molecular complexity index is 3800. The molecule has 7 rings (SSSR count). The van der Waals surface area contributed by atoms with E-state index in [1.54, 1.807) is 58.0 Å². The molecule has 5 aliphatic rings. The molecule has 14 unspecified atom stereocenters. The first-order valence-corrected chi connectivity index (χ1v) is 42.9. The lowest BCUT2D eigenvalue weighted by Gasteiger charge is -2.50. The Hall–Kier alpha value is -7.26. The number of aromatic nitrogens is 3. The summed E-state index contributed by atoms with van der Waals surface area (Å²) in [5.74, 6) is -12.2. The van der Waals surface area contributed by atoms with Crippen LogP contribution in [0.5, 0.6) is 0 Å². The summed E-state index contributed by atoms with van der Waals surface area (Å²) < 4.78 is 100. The molecule has 5 aliphatic heterocycles. The van der Waals surface area contributed by atoms with Crippen LogP contribution in [0.2, 0.25) is 0 Å². The minimum atomic E-state index is -5.65. The summed E-state index contributed by atoms with van der Waals surface area (Å²) in [4.78, 5) is 140. The second-order valence-corrected chi connectivity index (χ2v) is 31.7. The van der Waals surface area contributed by atoms with Crippen molar-refractivity contribution in [3.63, 3.8) is 0 Å². The molecule has 21 N–H and O–H groups in total. The number of esters is 4. The van der Waals surface area contributed by atoms with E-state index in [4.69, 9.17) is 70.8 Å². The Balaban J connectivity index is 1.00. The van der Waals surface area contributed by atoms with Crippen LogP contribution in [-0.4, -0.2) is 391 Å². The average Bonchev–Trinajstić information content (AvgIpc) is 0.822. The van der Waals surface area contributed by atoms with Gasteiger partial charge in [-0.05, 0) is 31.2 Å². The van der Waals surface area contributed by atoms with Crippen LogP contribution >= 0.6 is 7.82 Å². The lowest BCUT2D eigenvalue weighted by molar-refractivity contribution is -0.386. The third-order valence-corrected chi connectivity index (χ3v) is 21.7. The number of carbonyl (C=O) groups excluding carboxylic acids is 8. The number of nitrogens with one attached hydrogen (secondary N) is 4. The lowest BCUT2D eigenvalue weighted by atomic mass is 9.88. The highest BCUT2D eigenvalue weighted by molar-refractivity contribution is 7.46. The number of benzene rings is 1. The van der Waals surface area contributed by atoms with E-state index in [0.717, 1.165) is 0 Å². The number of phosphoric ester groups is 1. The maximum absolute atomic E-state index is 14.1. The first-order valence-electron chi connectivity index (χ1n) is 41.4. The van der Waals surface area contributed by atoms with E-state index in [0.29, 0.717) is 5.56 Å². The van der Waals surface area contributed by atoms with Gasteiger partial charge < -0.3 is 174 Å². The Kier molecular flexibility index (Phi) is 42.6. The molecule has 50 heteroatoms. The molecule has 4 amide bonds. The summed E-state index contributed by atoms with van der Waals surface area (Å²) in [6.07, 6.45) is -51.6. The number of phosphoric acid groups is 1. The van der Waals surface area contributed by atoms with Gasteiger partial charge in [-0.2, -0.15) is 0 Å². The van der Waals surface area contributed by atoms with Crippen LogP contribution in [0.15, 0.2) is 36.5 Å². The van der Waals surface area contributed by atoms with Crippen LogP contribution in [0.1, 0.15) is 130 Å². The van der Waals surface area contributed by atoms with Crippen molar-refractivity contribution < 1.29 is 205 Å². The zero-order valence-electron chi connectivity index (χ0n) is 70.1. The number of aliphatic hydroxyl groups is 14. The van der Waals surface area contributed by atoms with E-state index in [1.807, 2.05) is 0 Å². The molecule has 716 valence electrons. The van der Waals surface area contributed by atoms with E-state index < -0.39 is 316 Å². The quantitative estimate of drug-likeness (QED) is 0.0127. The van der Waals surface area contributed by atoms with E-state index in [1.165, 1.54) is 24.7 Å². The van der Waals surface area contributed by atoms with Crippen molar-refractivity contribution in [3.05, 3.63) is 47.8 Å². The number of aryl methyl sites for hydroxylation is 1. The maximum atomic E-state index is 14.1. The number of carboxylic acids is 1. The molecule has 0 saturated carbocycles. The molecule has 30 atom stereocenters. The molecular formula is C76H120N7O42P. The molecule has 5 fully saturated rings. The van der Waals surface area contributed by atoms with Crippen LogP contribution in [0.4, 0.5) is 0 Å². The number of carbonyl (C=O) groups is 9. The largest absolute Gasteiger partial charge is 0.477 e. The van der Waals surface area contributed by atoms with Gasteiger partial charge in [-0.25, -0.2) is 14.0 Å². The van der Waals surface area contributed by atoms with Gasteiger partial charge in [-0.15, -0.1) is 5.10 Å². The maximum Gasteiger partial charge on any atom is 0.470 e. The molecule has 1 aromatic heterocycles. The number of ether oxygens (including phenoxy) is 14. The van der Waals surface area contributed by atoms with Crippen molar-refractivity contribution >= 4 is 61.3 Å². The summed E-state index contributed by atoms with van der Waals surface area (Å²) in [5.41, 5.74) is 0.754. The standard InChI is InChI=1S/C76H120N7O42P/c1-7-38(88)25-50(94)79-57-67(120-54(98)26-39(89)8-2)61(102)47(35-113-72-58(80-51(95)27-40(9-3)114-52(96)11-5)69(66(46(34-87)117-72)125-126(108,109)110)121-55(99)28-41(10-4)115-53(97)12-6)119-71(57)111-22-20-77-48(92)19-18-37-30-83(82-81-37)21-23-112-73-63(104)62(103)65(45(33-86)118-73)122-74-64(105)70(60(101)44(32-85)116-74)124-76(75(106)107)29-42(90)56(68(123-76)59(100)43(91)31-84)78-49(93)24-36-16-14-13-15-17-36/h13-17,30,38-47,56-74,84-91,100-105H,7-12,18-29,31-35H2,1-6H3,(H,77,92)(H,78,93)(H,79,94)(H,80,95)(H,106,107)(H2,108,109,110)/t38-,39-,40-,41-,42?,43-,44?,45?,46?,47?,56-,57?,58?,59-,60+,61-,62?,63?,64?,65-,66-,67?,68?,69?,70?,71+,72-,73-,74+,76+/m1/s1. The average molecular weight is 1830 g/mol. The molecule has 0 spiro atoms. The van der Waals surface area contributed by atoms with E-state index in [9.17, 15) is 134 Å². The number of amides is 4. The van der Waals surface area contributed by atoms with Gasteiger partial charge in [-0.1, -0.05) is 77.1 Å². The Labute approximate surface area is 721 Å². The molecule has 0 aliphatic carbocycles. The van der Waals surface area contributed by atoms with Crippen LogP contribution in [0, 0.1) is 0 Å². The highest BCUT2D eigenvalue weighted by Gasteiger charge is 2.61. The van der Waals surface area contributed by atoms with Crippen molar-refractivity contribution in [2.75, 3.05) is 52.8 Å². The Morgan fingerprint density at radius 1 is 0.571 bits per heavy atom. The molecule has 1 aromatic carbocycles. The van der Waals surface area contributed by atoms with Crippen molar-refractivity contribution in [1.82, 2.24) is 36.3 Å². The first-order chi connectivity index (χ1) is 59.8. The molecule has 6 heterocycles. The topological polar surface area (TPSA) is 732 Å². The zero-order valence-corrected chi connectivity index (χ0v) is 71.0. The van der Waals surface area contributed by atoms with Crippen LogP contribution in [-0.2, 0) is 138 Å². The fourth-order valence-electron chi connectivity index (χ4n) is 14.1. The van der Waals surface area contributed by atoms with E-state index in [-0.39, 0.29) is 83.2 Å². The molecular weight excluding hydrogens is 1710 g/mol. The SMILES string of the molecule is CCC(=O)O[C@H](CC)CC(=O)NC1C(OC(=O)C[C@@H](CC)OC(=O)CC)[C@H](OP(=O)(O)O)C(CO)O[C@H]1OCC1O[C@H](OCCNC(=O)CCc2cn(CCO[C@@H]3OC(CO)[C@@H](O[C@@H]4OC(CO)[C@H](O)C(O[C@]5(C(=O)O)CC(O)[C@@H](NC(=O)Cc6ccccc6)C([C@H](O)[C@H](O)CO)O5)C4O)C(O)C3O)nn2)C(NC(=O)C[C@H](O)CC)C(OC(=O)C[C@H](O)CC)[C@@H]1O. The number of hydrogen-bond donors (Lipinski definition) is 21. The molecule has 2 aromatic rings. The molecule has 49 nitrogen and oxygen atoms in total. The molecule has 5 saturated heterocycles. The van der Waals surface area contributed by atoms with Gasteiger partial charge in [0.25, 0.3) is 5.79 Å². The number of hydrogen-bond acceptors (Lipinski definition) is 41. The number of carboxylic acid groups (broad SMARTS) is 1. The summed E-state index contributed by atoms with van der Waals surface area (Å²) in [7, 11) is -5.65. The van der Waals surface area contributed by atoms with Gasteiger partial charge in [-0.3, -0.25) is 42.9 Å². The Morgan fingerprint density at radius 3 is 1.72 bits per heavy atom. The van der Waals surface area contributed by atoms with Gasteiger partial charge in [0.05, 0.1) is 115 Å². The molecule has 0 bridgehead atoms. The smallest absolute Gasteiger partial charge is 0.470 e. The summed E-state index contributed by atoms with van der Waals surface area (Å²) in [6, 6.07) is 2.86. The zero-order chi connectivity index (χ0) is 93.0. The number of nitrogens with zero attached hydrogens (tertiary/aromatic N) is 3. The lowest BCUT2D eigenvalue weighted by Crippen LogP contribution is -2.71. The molecule has 126 heavy (non-hydrogen) atoms. The third kappa shape index (κ3) is 30.4. The minimum Gasteiger partial charge on any atom is -0.477 e. The fraction of sp³-hybridized carbons (Fsp3) is 0.776. The monoisotopic (exact) mass is 1830 g/mol. The highest BCUT2D eigenvalue weighted by Crippen LogP contribution is 2.44. The van der Waals surface area contributed by atoms with E-state index >= 15 is 0 Å². The number of aliphatic hydroxyl groups excluding tert-OH is 14. The van der Waals surface area contributed by atoms with Crippen LogP contribution < -0.4 is 21.3 Å². The van der Waals surface area contributed by atoms with Crippen molar-refractivity contribution in [1.29, 1.82) is 0 Å². The minimum absolute atomic E-state index is 0.0511. The van der Waals surface area contributed by atoms with Gasteiger partial charge >= 0.3 is 37.7 Å². The van der Waals surface area contributed by atoms with Gasteiger partial charge in [0.1, 0.15) is 116 Å². The van der Waals surface area contributed by atoms with Gasteiger partial charge in [0.15, 0.2) is 37.4 Å². The van der Waals surface area contributed by atoms with Crippen molar-refractivity contribution in [2.24, 2.45) is 0 Å². The second kappa shape index (κ2) is 50.8.